The Morgan fingerprint density at radius 1 is 0.629 bits per heavy atom. The first-order valence-corrected chi connectivity index (χ1v) is 30.3. The number of fused-ring (bicyclic) bond motifs is 4. The molecule has 25 nitrogen and oxygen atoms in total. The summed E-state index contributed by atoms with van der Waals surface area (Å²) in [5, 5.41) is 33.9. The van der Waals surface area contributed by atoms with Crippen molar-refractivity contribution >= 4 is 86.9 Å². The molecule has 9 N–H and O–H groups in total. The molecule has 0 spiro atoms. The molecule has 474 valence electrons. The van der Waals surface area contributed by atoms with E-state index < -0.39 is 60.5 Å². The number of amides is 7. The van der Waals surface area contributed by atoms with Crippen molar-refractivity contribution in [3.8, 4) is 0 Å². The van der Waals surface area contributed by atoms with Gasteiger partial charge in [0.25, 0.3) is 11.8 Å². The van der Waals surface area contributed by atoms with Crippen LogP contribution in [0.15, 0.2) is 84.9 Å². The van der Waals surface area contributed by atoms with E-state index in [1.807, 2.05) is 48.5 Å². The van der Waals surface area contributed by atoms with Gasteiger partial charge in [0.1, 0.15) is 35.4 Å². The van der Waals surface area contributed by atoms with E-state index in [1.165, 1.54) is 0 Å². The lowest BCUT2D eigenvalue weighted by Crippen LogP contribution is -2.48. The maximum absolute atomic E-state index is 13.8. The number of imidazole rings is 2. The average molecular weight is 1220 g/mol. The number of rotatable bonds is 29. The van der Waals surface area contributed by atoms with E-state index in [9.17, 15) is 53.4 Å². The van der Waals surface area contributed by atoms with Crippen molar-refractivity contribution in [3.05, 3.63) is 119 Å². The number of para-hydroxylation sites is 4. The molecule has 8 rings (SSSR count). The van der Waals surface area contributed by atoms with Gasteiger partial charge in [0.2, 0.25) is 23.6 Å². The zero-order valence-electron chi connectivity index (χ0n) is 51.1. The van der Waals surface area contributed by atoms with E-state index in [1.54, 1.807) is 90.9 Å². The second kappa shape index (κ2) is 30.4. The second-order valence-corrected chi connectivity index (χ2v) is 23.8. The van der Waals surface area contributed by atoms with Crippen molar-refractivity contribution in [1.29, 1.82) is 0 Å². The predicted molar refractivity (Wildman–Crippen MR) is 332 cm³/mol. The number of hydrogen-bond acceptors (Lipinski definition) is 14. The number of H-pyrrole nitrogens is 2. The van der Waals surface area contributed by atoms with Crippen LogP contribution < -0.4 is 26.6 Å². The number of aromatic amines is 2. The van der Waals surface area contributed by atoms with Crippen molar-refractivity contribution in [2.45, 2.75) is 148 Å². The van der Waals surface area contributed by atoms with Gasteiger partial charge in [-0.05, 0) is 125 Å². The summed E-state index contributed by atoms with van der Waals surface area (Å²) in [6.45, 7) is 7.17. The third kappa shape index (κ3) is 18.7. The Hall–Kier alpha value is -9.55. The minimum absolute atomic E-state index is 0.00394. The molecular weight excluding hydrogens is 1140 g/mol. The number of anilines is 2. The Balaban J connectivity index is 0.756. The largest absolute Gasteiger partial charge is 0.481 e. The lowest BCUT2D eigenvalue weighted by Gasteiger charge is -2.24. The number of carbonyl (C=O) groups excluding carboxylic acids is 7. The molecule has 7 amide bonds. The summed E-state index contributed by atoms with van der Waals surface area (Å²) in [7, 11) is 3.36. The number of aliphatic carboxylic acids is 2. The minimum atomic E-state index is -1.13. The Kier molecular flexibility index (Phi) is 22.3. The number of aromatic nitrogens is 4. The van der Waals surface area contributed by atoms with Crippen LogP contribution in [0.4, 0.5) is 16.2 Å². The predicted octanol–water partition coefficient (Wildman–Crippen LogP) is 6.91. The molecule has 0 fully saturated rings. The SMILES string of the molecule is CN(Cc1nc2ccccc2[nH]1)C(=O)c1ccc2c(c1)CN(CCCCCCNC(=O)CC[C@H](NC(=O)OC(C)(C)C)C(=O)NCCCCCCN1Cc3cc(C(=O)N(C)Cc4nc5ccccc5[nH]4)ccc3N[C@@H](CC(=O)O)C1=O)C(=O)C(CC(=O)O)N2. The first-order valence-electron chi connectivity index (χ1n) is 30.3. The van der Waals surface area contributed by atoms with Gasteiger partial charge in [-0.15, -0.1) is 0 Å². The molecule has 3 atom stereocenters. The highest BCUT2D eigenvalue weighted by molar-refractivity contribution is 5.97. The molecule has 0 saturated carbocycles. The van der Waals surface area contributed by atoms with Crippen molar-refractivity contribution in [2.24, 2.45) is 0 Å². The summed E-state index contributed by atoms with van der Waals surface area (Å²) in [5.41, 5.74) is 5.78. The number of ether oxygens (including phenoxy) is 1. The first-order chi connectivity index (χ1) is 42.6. The van der Waals surface area contributed by atoms with Gasteiger partial charge in [-0.25, -0.2) is 14.8 Å². The summed E-state index contributed by atoms with van der Waals surface area (Å²) < 4.78 is 5.43. The van der Waals surface area contributed by atoms with Crippen molar-refractivity contribution < 1.29 is 58.1 Å². The van der Waals surface area contributed by atoms with Crippen LogP contribution in [0.5, 0.6) is 0 Å². The van der Waals surface area contributed by atoms with Crippen LogP contribution in [0.1, 0.15) is 141 Å². The van der Waals surface area contributed by atoms with E-state index >= 15 is 0 Å². The molecule has 4 heterocycles. The van der Waals surface area contributed by atoms with Gasteiger partial charge in [0.05, 0.1) is 48.0 Å². The number of carboxylic acids is 2. The summed E-state index contributed by atoms with van der Waals surface area (Å²) in [5.74, 6) is -3.03. The number of carbonyl (C=O) groups is 9. The summed E-state index contributed by atoms with van der Waals surface area (Å²) in [4.78, 5) is 140. The topological polar surface area (TPSA) is 334 Å². The summed E-state index contributed by atoms with van der Waals surface area (Å²) >= 11 is 0. The van der Waals surface area contributed by atoms with Crippen LogP contribution in [0, 0.1) is 0 Å². The fraction of sp³-hybridized carbons (Fsp3) is 0.453. The number of nitrogens with zero attached hydrogens (tertiary/aromatic N) is 6. The number of benzene rings is 4. The molecular formula is C64H81N13O12. The highest BCUT2D eigenvalue weighted by Gasteiger charge is 2.34. The molecule has 2 aromatic heterocycles. The van der Waals surface area contributed by atoms with Crippen LogP contribution in [-0.2, 0) is 59.7 Å². The summed E-state index contributed by atoms with van der Waals surface area (Å²) in [6, 6.07) is 22.3. The Morgan fingerprint density at radius 2 is 1.08 bits per heavy atom. The molecule has 0 saturated heterocycles. The standard InChI is InChI=1S/C64H81N13O12/c1-64(2,3)89-63(88)73-50(58(83)66-29-15-7-9-17-31-77-37-43-33-41(23-25-45(43)68-52(62(77)87)35-57(81)82)60(85)75(5)39-54-71-48-20-12-13-21-49(48)72-54)26-27-55(78)65-28-14-6-8-16-30-76-36-42-32-40(22-24-44(42)67-51(61(76)86)34-56(79)80)59(84)74(4)38-53-69-46-18-10-11-19-47(46)70-53/h10-13,18-25,32-33,50-52,67-68H,6-9,14-17,26-31,34-39H2,1-5H3,(H,65,78)(H,66,83)(H,69,70)(H,71,72)(H,73,88)(H,79,80)(H,81,82)/t50-,51?,52-/m0/s1. The quantitative estimate of drug-likeness (QED) is 0.0216. The van der Waals surface area contributed by atoms with Crippen molar-refractivity contribution in [2.75, 3.05) is 50.9 Å². The van der Waals surface area contributed by atoms with Gasteiger partial charge in [0, 0.05) is 82.3 Å². The Bertz CT molecular complexity index is 3470. The first kappa shape index (κ1) is 65.4. The lowest BCUT2D eigenvalue weighted by molar-refractivity contribution is -0.141. The zero-order valence-corrected chi connectivity index (χ0v) is 51.1. The Labute approximate surface area is 516 Å². The van der Waals surface area contributed by atoms with Crippen LogP contribution in [0.3, 0.4) is 0 Å². The van der Waals surface area contributed by atoms with Crippen LogP contribution in [-0.4, -0.2) is 167 Å². The molecule has 0 radical (unpaired) electrons. The van der Waals surface area contributed by atoms with Crippen LogP contribution in [0.25, 0.3) is 22.1 Å². The fourth-order valence-electron chi connectivity index (χ4n) is 10.9. The number of carboxylic acid groups (broad SMARTS) is 2. The highest BCUT2D eigenvalue weighted by Crippen LogP contribution is 2.29. The smallest absolute Gasteiger partial charge is 0.408 e. The van der Waals surface area contributed by atoms with E-state index in [2.05, 4.69) is 46.5 Å². The normalized spacial score (nSPS) is 15.2. The Morgan fingerprint density at radius 3 is 1.53 bits per heavy atom. The second-order valence-electron chi connectivity index (χ2n) is 23.8. The molecule has 0 bridgehead atoms. The molecule has 1 unspecified atom stereocenters. The fourth-order valence-corrected chi connectivity index (χ4v) is 10.9. The van der Waals surface area contributed by atoms with Gasteiger partial charge in [-0.1, -0.05) is 49.9 Å². The van der Waals surface area contributed by atoms with Crippen molar-refractivity contribution in [1.82, 2.24) is 55.5 Å². The van der Waals surface area contributed by atoms with Crippen molar-refractivity contribution in [3.63, 3.8) is 0 Å². The van der Waals surface area contributed by atoms with Crippen LogP contribution >= 0.6 is 0 Å². The number of hydrogen-bond donors (Lipinski definition) is 9. The molecule has 4 aromatic carbocycles. The third-order valence-electron chi connectivity index (χ3n) is 15.4. The van der Waals surface area contributed by atoms with E-state index in [0.717, 1.165) is 22.1 Å². The van der Waals surface area contributed by atoms with Gasteiger partial charge >= 0.3 is 18.0 Å². The van der Waals surface area contributed by atoms with E-state index in [4.69, 9.17) is 4.74 Å². The lowest BCUT2D eigenvalue weighted by atomic mass is 10.1. The molecule has 0 aliphatic carbocycles. The molecule has 2 aliphatic rings. The summed E-state index contributed by atoms with van der Waals surface area (Å²) in [6.07, 6.45) is 3.38. The number of nitrogens with one attached hydrogen (secondary N) is 7. The van der Waals surface area contributed by atoms with E-state index in [0.29, 0.717) is 116 Å². The third-order valence-corrected chi connectivity index (χ3v) is 15.4. The number of alkyl carbamates (subject to hydrolysis) is 1. The zero-order chi connectivity index (χ0) is 63.8. The van der Waals surface area contributed by atoms with Gasteiger partial charge < -0.3 is 71.1 Å². The maximum atomic E-state index is 13.8. The highest BCUT2D eigenvalue weighted by atomic mass is 16.6. The molecule has 6 aromatic rings. The monoisotopic (exact) mass is 1220 g/mol. The minimum Gasteiger partial charge on any atom is -0.481 e. The average Bonchev–Trinajstić information content (AvgIpc) is 2.76. The molecule has 2 aliphatic heterocycles. The number of unbranched alkanes of at least 4 members (excludes halogenated alkanes) is 6. The molecule has 89 heavy (non-hydrogen) atoms. The van der Waals surface area contributed by atoms with Gasteiger partial charge in [-0.3, -0.25) is 38.4 Å². The maximum Gasteiger partial charge on any atom is 0.408 e. The molecule has 25 heteroatoms. The van der Waals surface area contributed by atoms with E-state index in [-0.39, 0.29) is 75.1 Å². The van der Waals surface area contributed by atoms with Gasteiger partial charge in [-0.2, -0.15) is 0 Å². The van der Waals surface area contributed by atoms with Gasteiger partial charge in [0.15, 0.2) is 0 Å². The van der Waals surface area contributed by atoms with Crippen LogP contribution in [0.2, 0.25) is 0 Å².